The zero-order chi connectivity index (χ0) is 9.68. The van der Waals surface area contributed by atoms with Gasteiger partial charge in [0.2, 0.25) is 0 Å². The van der Waals surface area contributed by atoms with Gasteiger partial charge in [-0.25, -0.2) is 0 Å². The third kappa shape index (κ3) is 3.08. The van der Waals surface area contributed by atoms with E-state index in [9.17, 15) is 4.79 Å². The number of ketones is 1. The van der Waals surface area contributed by atoms with Gasteiger partial charge in [0.25, 0.3) is 0 Å². The van der Waals surface area contributed by atoms with E-state index >= 15 is 0 Å². The largest absolute Gasteiger partial charge is 0.381 e. The zero-order valence-electron chi connectivity index (χ0n) is 8.29. The summed E-state index contributed by atoms with van der Waals surface area (Å²) in [6.07, 6.45) is 3.83. The second-order valence-corrected chi connectivity index (χ2v) is 3.71. The molecule has 1 rings (SSSR count). The van der Waals surface area contributed by atoms with Crippen LogP contribution >= 0.6 is 0 Å². The highest BCUT2D eigenvalue weighted by atomic mass is 16.5. The quantitative estimate of drug-likeness (QED) is 0.698. The summed E-state index contributed by atoms with van der Waals surface area (Å²) in [7, 11) is 0. The maximum Gasteiger partial charge on any atom is 0.154 e. The predicted molar refractivity (Wildman–Crippen MR) is 51.4 cm³/mol. The fourth-order valence-corrected chi connectivity index (χ4v) is 1.63. The van der Waals surface area contributed by atoms with Crippen molar-refractivity contribution in [2.75, 3.05) is 13.2 Å². The lowest BCUT2D eigenvalue weighted by Gasteiger charge is -2.13. The van der Waals surface area contributed by atoms with Gasteiger partial charge >= 0.3 is 0 Å². The molecule has 0 aromatic carbocycles. The smallest absolute Gasteiger partial charge is 0.154 e. The summed E-state index contributed by atoms with van der Waals surface area (Å²) in [6.45, 7) is 3.41. The first kappa shape index (κ1) is 10.7. The van der Waals surface area contributed by atoms with E-state index in [4.69, 9.17) is 10.5 Å². The van der Waals surface area contributed by atoms with E-state index in [-0.39, 0.29) is 17.7 Å². The van der Waals surface area contributed by atoms with Crippen molar-refractivity contribution in [3.8, 4) is 0 Å². The summed E-state index contributed by atoms with van der Waals surface area (Å²) in [5.41, 5.74) is 5.78. The molecule has 0 aliphatic carbocycles. The molecule has 0 amide bonds. The van der Waals surface area contributed by atoms with Gasteiger partial charge in [-0.15, -0.1) is 0 Å². The van der Waals surface area contributed by atoms with Gasteiger partial charge in [0.15, 0.2) is 5.78 Å². The molecule has 3 heteroatoms. The minimum atomic E-state index is -0.258. The summed E-state index contributed by atoms with van der Waals surface area (Å²) in [5.74, 6) is 0.276. The van der Waals surface area contributed by atoms with Crippen LogP contribution in [0.3, 0.4) is 0 Å². The molecule has 1 heterocycles. The average molecular weight is 185 g/mol. The summed E-state index contributed by atoms with van der Waals surface area (Å²) in [5, 5.41) is 0. The fourth-order valence-electron chi connectivity index (χ4n) is 1.63. The Bertz CT molecular complexity index is 164. The minimum Gasteiger partial charge on any atom is -0.381 e. The number of rotatable bonds is 5. The standard InChI is InChI=1S/C10H19NO2/c1-2-3-4-9(11)10(12)8-5-6-13-7-8/h8-9H,2-7,11H2,1H3. The molecule has 2 N–H and O–H groups in total. The molecule has 3 nitrogen and oxygen atoms in total. The molecule has 2 atom stereocenters. The van der Waals surface area contributed by atoms with Gasteiger partial charge in [-0.3, -0.25) is 4.79 Å². The highest BCUT2D eigenvalue weighted by Gasteiger charge is 2.27. The third-order valence-electron chi connectivity index (χ3n) is 2.57. The maximum absolute atomic E-state index is 11.6. The Morgan fingerprint density at radius 2 is 2.46 bits per heavy atom. The molecule has 2 unspecified atom stereocenters. The highest BCUT2D eigenvalue weighted by molar-refractivity contribution is 5.86. The molecule has 0 aromatic heterocycles. The van der Waals surface area contributed by atoms with Crippen molar-refractivity contribution in [2.45, 2.75) is 38.6 Å². The van der Waals surface area contributed by atoms with E-state index in [0.29, 0.717) is 6.61 Å². The van der Waals surface area contributed by atoms with Crippen molar-refractivity contribution >= 4 is 5.78 Å². The van der Waals surface area contributed by atoms with Crippen LogP contribution in [0, 0.1) is 5.92 Å². The van der Waals surface area contributed by atoms with Gasteiger partial charge in [-0.2, -0.15) is 0 Å². The molecule has 1 fully saturated rings. The second-order valence-electron chi connectivity index (χ2n) is 3.71. The molecule has 13 heavy (non-hydrogen) atoms. The van der Waals surface area contributed by atoms with Gasteiger partial charge in [-0.1, -0.05) is 19.8 Å². The Morgan fingerprint density at radius 1 is 1.69 bits per heavy atom. The molecule has 0 aromatic rings. The summed E-state index contributed by atoms with van der Waals surface area (Å²) in [6, 6.07) is -0.258. The van der Waals surface area contributed by atoms with E-state index in [1.165, 1.54) is 0 Å². The van der Waals surface area contributed by atoms with Crippen LogP contribution in [0.25, 0.3) is 0 Å². The fraction of sp³-hybridized carbons (Fsp3) is 0.900. The number of carbonyl (C=O) groups is 1. The lowest BCUT2D eigenvalue weighted by atomic mass is 9.95. The molecule has 0 spiro atoms. The van der Waals surface area contributed by atoms with Crippen molar-refractivity contribution in [3.63, 3.8) is 0 Å². The number of hydrogen-bond acceptors (Lipinski definition) is 3. The van der Waals surface area contributed by atoms with E-state index in [0.717, 1.165) is 32.3 Å². The molecule has 76 valence electrons. The summed E-state index contributed by atoms with van der Waals surface area (Å²) >= 11 is 0. The Labute approximate surface area is 79.6 Å². The van der Waals surface area contributed by atoms with Crippen LogP contribution < -0.4 is 5.73 Å². The first-order valence-electron chi connectivity index (χ1n) is 5.12. The van der Waals surface area contributed by atoms with Crippen LogP contribution in [0.15, 0.2) is 0 Å². The van der Waals surface area contributed by atoms with Crippen LogP contribution in [-0.2, 0) is 9.53 Å². The predicted octanol–water partition coefficient (Wildman–Crippen LogP) is 1.11. The van der Waals surface area contributed by atoms with E-state index in [2.05, 4.69) is 6.92 Å². The first-order chi connectivity index (χ1) is 6.25. The minimum absolute atomic E-state index is 0.0758. The first-order valence-corrected chi connectivity index (χ1v) is 5.12. The van der Waals surface area contributed by atoms with Crippen LogP contribution in [0.1, 0.15) is 32.6 Å². The zero-order valence-corrected chi connectivity index (χ0v) is 8.29. The molecule has 0 saturated carbocycles. The van der Waals surface area contributed by atoms with E-state index in [1.807, 2.05) is 0 Å². The van der Waals surface area contributed by atoms with Crippen LogP contribution in [-0.4, -0.2) is 25.0 Å². The Morgan fingerprint density at radius 3 is 3.00 bits per heavy atom. The summed E-state index contributed by atoms with van der Waals surface area (Å²) < 4.78 is 5.16. The number of ether oxygens (including phenoxy) is 1. The molecule has 0 radical (unpaired) electrons. The monoisotopic (exact) mass is 185 g/mol. The van der Waals surface area contributed by atoms with Crippen LogP contribution in [0.4, 0.5) is 0 Å². The van der Waals surface area contributed by atoms with Crippen molar-refractivity contribution < 1.29 is 9.53 Å². The Balaban J connectivity index is 2.28. The second kappa shape index (κ2) is 5.35. The van der Waals surface area contributed by atoms with Gasteiger partial charge in [0, 0.05) is 12.5 Å². The van der Waals surface area contributed by atoms with E-state index < -0.39 is 0 Å². The number of carbonyl (C=O) groups excluding carboxylic acids is 1. The summed E-state index contributed by atoms with van der Waals surface area (Å²) in [4.78, 5) is 11.6. The molecular formula is C10H19NO2. The van der Waals surface area contributed by atoms with Gasteiger partial charge in [-0.05, 0) is 12.8 Å². The third-order valence-corrected chi connectivity index (χ3v) is 2.57. The maximum atomic E-state index is 11.6. The number of Topliss-reactive ketones (excluding diaryl/α,β-unsaturated/α-hetero) is 1. The Kier molecular flexibility index (Phi) is 4.39. The molecular weight excluding hydrogens is 166 g/mol. The number of unbranched alkanes of at least 4 members (excludes halogenated alkanes) is 1. The van der Waals surface area contributed by atoms with Crippen molar-refractivity contribution in [1.82, 2.24) is 0 Å². The van der Waals surface area contributed by atoms with Crippen molar-refractivity contribution in [2.24, 2.45) is 11.7 Å². The number of nitrogens with two attached hydrogens (primary N) is 1. The Hall–Kier alpha value is -0.410. The van der Waals surface area contributed by atoms with Crippen molar-refractivity contribution in [3.05, 3.63) is 0 Å². The molecule has 1 aliphatic rings. The lowest BCUT2D eigenvalue weighted by molar-refractivity contribution is -0.124. The number of hydrogen-bond donors (Lipinski definition) is 1. The highest BCUT2D eigenvalue weighted by Crippen LogP contribution is 2.16. The molecule has 1 aliphatic heterocycles. The van der Waals surface area contributed by atoms with Gasteiger partial charge < -0.3 is 10.5 Å². The van der Waals surface area contributed by atoms with E-state index in [1.54, 1.807) is 0 Å². The molecule has 0 bridgehead atoms. The normalized spacial score (nSPS) is 24.6. The average Bonchev–Trinajstić information content (AvgIpc) is 2.65. The topological polar surface area (TPSA) is 52.3 Å². The lowest BCUT2D eigenvalue weighted by Crippen LogP contribution is -2.35. The van der Waals surface area contributed by atoms with Gasteiger partial charge in [0.1, 0.15) is 0 Å². The van der Waals surface area contributed by atoms with Crippen LogP contribution in [0.2, 0.25) is 0 Å². The molecule has 1 saturated heterocycles. The SMILES string of the molecule is CCCCC(N)C(=O)C1CCOC1. The van der Waals surface area contributed by atoms with Crippen molar-refractivity contribution in [1.29, 1.82) is 0 Å². The van der Waals surface area contributed by atoms with Gasteiger partial charge in [0.05, 0.1) is 12.6 Å². The van der Waals surface area contributed by atoms with Crippen LogP contribution in [0.5, 0.6) is 0 Å².